The minimum atomic E-state index is 0.633. The molecule has 0 aliphatic heterocycles. The Labute approximate surface area is 101 Å². The zero-order valence-electron chi connectivity index (χ0n) is 11.3. The number of hydrogen-bond donors (Lipinski definition) is 1. The monoisotopic (exact) mass is 227 g/mol. The van der Waals surface area contributed by atoms with Crippen LogP contribution in [0.15, 0.2) is 0 Å². The molecule has 1 atom stereocenters. The van der Waals surface area contributed by atoms with E-state index in [1.54, 1.807) is 0 Å². The molecule has 96 valence electrons. The van der Waals surface area contributed by atoms with Crippen molar-refractivity contribution < 1.29 is 0 Å². The Bertz CT molecular complexity index is 178. The molecule has 3 heteroatoms. The van der Waals surface area contributed by atoms with Crippen LogP contribution in [0.3, 0.4) is 0 Å². The first-order valence-electron chi connectivity index (χ1n) is 6.77. The molecule has 3 nitrogen and oxygen atoms in total. The van der Waals surface area contributed by atoms with Gasteiger partial charge in [0.25, 0.3) is 0 Å². The van der Waals surface area contributed by atoms with Crippen molar-refractivity contribution >= 4 is 0 Å². The summed E-state index contributed by atoms with van der Waals surface area (Å²) in [5, 5.41) is 0. The molecule has 1 rings (SSSR count). The smallest absolute Gasteiger partial charge is 0.0247 e. The lowest BCUT2D eigenvalue weighted by molar-refractivity contribution is 0.0937. The molecule has 16 heavy (non-hydrogen) atoms. The van der Waals surface area contributed by atoms with Crippen LogP contribution in [0, 0.1) is 5.92 Å². The van der Waals surface area contributed by atoms with Crippen LogP contribution >= 0.6 is 0 Å². The lowest BCUT2D eigenvalue weighted by Crippen LogP contribution is -2.49. The van der Waals surface area contributed by atoms with Crippen LogP contribution in [0.5, 0.6) is 0 Å². The molecule has 1 saturated carbocycles. The maximum Gasteiger partial charge on any atom is 0.0247 e. The van der Waals surface area contributed by atoms with Gasteiger partial charge in [0.1, 0.15) is 0 Å². The zero-order chi connectivity index (χ0) is 12.0. The SMILES string of the molecule is CCCN(CCN(C)C)C(CN)C1CCC1. The first-order chi connectivity index (χ1) is 7.69. The van der Waals surface area contributed by atoms with Crippen molar-refractivity contribution in [1.82, 2.24) is 9.80 Å². The van der Waals surface area contributed by atoms with Crippen LogP contribution < -0.4 is 5.73 Å². The third-order valence-corrected chi connectivity index (χ3v) is 3.75. The van der Waals surface area contributed by atoms with Crippen LogP contribution in [0.25, 0.3) is 0 Å². The Morgan fingerprint density at radius 2 is 1.88 bits per heavy atom. The van der Waals surface area contributed by atoms with Gasteiger partial charge in [-0.25, -0.2) is 0 Å². The predicted molar refractivity (Wildman–Crippen MR) is 70.6 cm³/mol. The van der Waals surface area contributed by atoms with Crippen molar-refractivity contribution in [1.29, 1.82) is 0 Å². The molecular formula is C13H29N3. The molecular weight excluding hydrogens is 198 g/mol. The third kappa shape index (κ3) is 4.04. The van der Waals surface area contributed by atoms with Crippen LogP contribution in [-0.2, 0) is 0 Å². The molecule has 1 aliphatic rings. The quantitative estimate of drug-likeness (QED) is 0.680. The molecule has 0 radical (unpaired) electrons. The van der Waals surface area contributed by atoms with Crippen molar-refractivity contribution in [3.63, 3.8) is 0 Å². The topological polar surface area (TPSA) is 32.5 Å². The molecule has 0 spiro atoms. The summed E-state index contributed by atoms with van der Waals surface area (Å²) in [6, 6.07) is 0.633. The van der Waals surface area contributed by atoms with Crippen LogP contribution in [0.2, 0.25) is 0 Å². The highest BCUT2D eigenvalue weighted by atomic mass is 15.2. The van der Waals surface area contributed by atoms with Crippen molar-refractivity contribution in [3.05, 3.63) is 0 Å². The number of rotatable bonds is 8. The summed E-state index contributed by atoms with van der Waals surface area (Å²) in [6.07, 6.45) is 5.43. The van der Waals surface area contributed by atoms with Gasteiger partial charge in [-0.05, 0) is 45.8 Å². The Kier molecular flexibility index (Phi) is 6.32. The van der Waals surface area contributed by atoms with E-state index in [1.165, 1.54) is 38.8 Å². The fraction of sp³-hybridized carbons (Fsp3) is 1.00. The minimum absolute atomic E-state index is 0.633. The number of nitrogens with zero attached hydrogens (tertiary/aromatic N) is 2. The van der Waals surface area contributed by atoms with E-state index in [0.29, 0.717) is 6.04 Å². The van der Waals surface area contributed by atoms with Gasteiger partial charge in [0.05, 0.1) is 0 Å². The molecule has 2 N–H and O–H groups in total. The summed E-state index contributed by atoms with van der Waals surface area (Å²) in [6.45, 7) is 6.60. The van der Waals surface area contributed by atoms with Crippen molar-refractivity contribution in [2.24, 2.45) is 11.7 Å². The third-order valence-electron chi connectivity index (χ3n) is 3.75. The first kappa shape index (κ1) is 13.9. The average Bonchev–Trinajstić information content (AvgIpc) is 2.18. The first-order valence-corrected chi connectivity index (χ1v) is 6.77. The van der Waals surface area contributed by atoms with E-state index in [-0.39, 0.29) is 0 Å². The van der Waals surface area contributed by atoms with Gasteiger partial charge in [0.2, 0.25) is 0 Å². The van der Waals surface area contributed by atoms with Crippen molar-refractivity contribution in [2.75, 3.05) is 40.3 Å². The number of likely N-dealkylation sites (N-methyl/N-ethyl adjacent to an activating group) is 1. The van der Waals surface area contributed by atoms with Gasteiger partial charge in [-0.3, -0.25) is 4.90 Å². The fourth-order valence-electron chi connectivity index (χ4n) is 2.52. The zero-order valence-corrected chi connectivity index (χ0v) is 11.3. The predicted octanol–water partition coefficient (Wildman–Crippen LogP) is 1.39. The molecule has 0 saturated heterocycles. The van der Waals surface area contributed by atoms with Gasteiger partial charge in [0.15, 0.2) is 0 Å². The molecule has 0 heterocycles. The standard InChI is InChI=1S/C13H29N3/c1-4-8-16(10-9-15(2)3)13(11-14)12-6-5-7-12/h12-13H,4-11,14H2,1-3H3. The van der Waals surface area contributed by atoms with Gasteiger partial charge in [0, 0.05) is 25.7 Å². The highest BCUT2D eigenvalue weighted by Crippen LogP contribution is 2.31. The Morgan fingerprint density at radius 3 is 2.25 bits per heavy atom. The summed E-state index contributed by atoms with van der Waals surface area (Å²) in [5.41, 5.74) is 5.97. The molecule has 1 fully saturated rings. The van der Waals surface area contributed by atoms with Gasteiger partial charge in [-0.2, -0.15) is 0 Å². The second kappa shape index (κ2) is 7.25. The van der Waals surface area contributed by atoms with Gasteiger partial charge < -0.3 is 10.6 Å². The average molecular weight is 227 g/mol. The van der Waals surface area contributed by atoms with Gasteiger partial charge >= 0.3 is 0 Å². The van der Waals surface area contributed by atoms with Crippen molar-refractivity contribution in [2.45, 2.75) is 38.6 Å². The van der Waals surface area contributed by atoms with E-state index in [9.17, 15) is 0 Å². The maximum atomic E-state index is 5.97. The number of nitrogens with two attached hydrogens (primary N) is 1. The highest BCUT2D eigenvalue weighted by molar-refractivity contribution is 4.85. The Hall–Kier alpha value is -0.120. The summed E-state index contributed by atoms with van der Waals surface area (Å²) in [4.78, 5) is 4.88. The lowest BCUT2D eigenvalue weighted by Gasteiger charge is -2.41. The van der Waals surface area contributed by atoms with Crippen molar-refractivity contribution in [3.8, 4) is 0 Å². The highest BCUT2D eigenvalue weighted by Gasteiger charge is 2.30. The van der Waals surface area contributed by atoms with E-state index in [4.69, 9.17) is 5.73 Å². The summed E-state index contributed by atoms with van der Waals surface area (Å²) in [7, 11) is 4.29. The van der Waals surface area contributed by atoms with E-state index in [0.717, 1.165) is 19.0 Å². The largest absolute Gasteiger partial charge is 0.329 e. The molecule has 1 aliphatic carbocycles. The number of hydrogen-bond acceptors (Lipinski definition) is 3. The molecule has 1 unspecified atom stereocenters. The van der Waals surface area contributed by atoms with Gasteiger partial charge in [-0.1, -0.05) is 13.3 Å². The maximum absolute atomic E-state index is 5.97. The normalized spacial score (nSPS) is 19.1. The second-order valence-corrected chi connectivity index (χ2v) is 5.33. The summed E-state index contributed by atoms with van der Waals surface area (Å²) < 4.78 is 0. The van der Waals surface area contributed by atoms with Gasteiger partial charge in [-0.15, -0.1) is 0 Å². The fourth-order valence-corrected chi connectivity index (χ4v) is 2.52. The van der Waals surface area contributed by atoms with Crippen LogP contribution in [0.1, 0.15) is 32.6 Å². The molecule has 0 aromatic rings. The molecule has 0 amide bonds. The summed E-state index contributed by atoms with van der Waals surface area (Å²) in [5.74, 6) is 0.874. The van der Waals surface area contributed by atoms with Crippen LogP contribution in [0.4, 0.5) is 0 Å². The lowest BCUT2D eigenvalue weighted by atomic mass is 9.79. The van der Waals surface area contributed by atoms with E-state index >= 15 is 0 Å². The Morgan fingerprint density at radius 1 is 1.19 bits per heavy atom. The molecule has 0 aromatic carbocycles. The second-order valence-electron chi connectivity index (χ2n) is 5.33. The Balaban J connectivity index is 2.43. The van der Waals surface area contributed by atoms with E-state index in [1.807, 2.05) is 0 Å². The minimum Gasteiger partial charge on any atom is -0.329 e. The van der Waals surface area contributed by atoms with E-state index in [2.05, 4.69) is 30.8 Å². The van der Waals surface area contributed by atoms with Crippen LogP contribution in [-0.4, -0.2) is 56.1 Å². The van der Waals surface area contributed by atoms with E-state index < -0.39 is 0 Å². The summed E-state index contributed by atoms with van der Waals surface area (Å²) >= 11 is 0. The molecule has 0 aromatic heterocycles. The molecule has 0 bridgehead atoms.